The van der Waals surface area contributed by atoms with Gasteiger partial charge in [-0.1, -0.05) is 6.42 Å². The van der Waals surface area contributed by atoms with E-state index in [4.69, 9.17) is 0 Å². The van der Waals surface area contributed by atoms with Crippen molar-refractivity contribution in [3.63, 3.8) is 0 Å². The van der Waals surface area contributed by atoms with Crippen molar-refractivity contribution >= 4 is 6.08 Å². The Morgan fingerprint density at radius 1 is 1.24 bits per heavy atom. The van der Waals surface area contributed by atoms with E-state index in [1.807, 2.05) is 6.08 Å². The Morgan fingerprint density at radius 3 is 2.93 bits per heavy atom. The molecule has 0 aromatic carbocycles. The van der Waals surface area contributed by atoms with E-state index in [-0.39, 0.29) is 11.8 Å². The summed E-state index contributed by atoms with van der Waals surface area (Å²) < 4.78 is 16.4. The number of alkyl halides is 1. The molecule has 3 aromatic rings. The maximum atomic E-state index is 14.7. The summed E-state index contributed by atoms with van der Waals surface area (Å²) in [6, 6.07) is 5.38. The van der Waals surface area contributed by atoms with Gasteiger partial charge < -0.3 is 10.4 Å². The highest BCUT2D eigenvalue weighted by Gasteiger charge is 2.36. The Balaban J connectivity index is 1.38. The predicted octanol–water partition coefficient (Wildman–Crippen LogP) is 3.07. The van der Waals surface area contributed by atoms with Crippen LogP contribution in [0.25, 0.3) is 23.2 Å². The topological polar surface area (TPSA) is 88.8 Å². The molecular formula is C21H21FN6O. The van der Waals surface area contributed by atoms with E-state index in [2.05, 4.69) is 25.5 Å². The van der Waals surface area contributed by atoms with Crippen molar-refractivity contribution in [1.29, 1.82) is 0 Å². The van der Waals surface area contributed by atoms with Crippen LogP contribution in [-0.2, 0) is 0 Å². The van der Waals surface area contributed by atoms with E-state index in [0.29, 0.717) is 35.2 Å². The van der Waals surface area contributed by atoms with Gasteiger partial charge in [-0.25, -0.2) is 14.4 Å². The summed E-state index contributed by atoms with van der Waals surface area (Å²) >= 11 is 0. The lowest BCUT2D eigenvalue weighted by atomic mass is 9.82. The molecule has 5 rings (SSSR count). The van der Waals surface area contributed by atoms with Gasteiger partial charge in [0.1, 0.15) is 24.1 Å². The summed E-state index contributed by atoms with van der Waals surface area (Å²) in [7, 11) is 0. The van der Waals surface area contributed by atoms with Crippen molar-refractivity contribution in [3.8, 4) is 22.8 Å². The first kappa shape index (κ1) is 17.9. The number of rotatable bonds is 3. The van der Waals surface area contributed by atoms with Crippen molar-refractivity contribution in [2.75, 3.05) is 0 Å². The number of piperidine rings is 2. The van der Waals surface area contributed by atoms with Crippen LogP contribution in [0.1, 0.15) is 31.4 Å². The summed E-state index contributed by atoms with van der Waals surface area (Å²) in [5, 5.41) is 22.2. The third-order valence-electron chi connectivity index (χ3n) is 5.64. The first-order chi connectivity index (χ1) is 14.2. The van der Waals surface area contributed by atoms with Crippen molar-refractivity contribution in [2.45, 2.75) is 43.9 Å². The summed E-state index contributed by atoms with van der Waals surface area (Å²) in [5.41, 5.74) is 2.40. The van der Waals surface area contributed by atoms with Crippen LogP contribution in [0.15, 0.2) is 48.7 Å². The van der Waals surface area contributed by atoms with Crippen LogP contribution in [0, 0.1) is 0 Å². The molecule has 2 fully saturated rings. The summed E-state index contributed by atoms with van der Waals surface area (Å²) in [5.74, 6) is 0.614. The van der Waals surface area contributed by atoms with Gasteiger partial charge in [0, 0.05) is 36.7 Å². The number of halogens is 1. The Hall–Kier alpha value is -3.13. The molecule has 2 N–H and O–H groups in total. The molecule has 2 aliphatic heterocycles. The first-order valence-electron chi connectivity index (χ1n) is 9.79. The molecule has 2 saturated heterocycles. The number of hydrogen-bond acceptors (Lipinski definition) is 6. The zero-order valence-corrected chi connectivity index (χ0v) is 15.7. The second-order valence-corrected chi connectivity index (χ2v) is 7.60. The molecule has 148 valence electrons. The van der Waals surface area contributed by atoms with E-state index in [1.54, 1.807) is 47.7 Å². The van der Waals surface area contributed by atoms with Gasteiger partial charge in [-0.05, 0) is 43.0 Å². The number of hydrogen-bond donors (Lipinski definition) is 2. The van der Waals surface area contributed by atoms with E-state index < -0.39 is 6.17 Å². The van der Waals surface area contributed by atoms with Gasteiger partial charge in [0.15, 0.2) is 0 Å². The van der Waals surface area contributed by atoms with E-state index >= 15 is 0 Å². The van der Waals surface area contributed by atoms with Crippen LogP contribution in [-0.4, -0.2) is 48.1 Å². The number of fused-ring (bicyclic) bond motifs is 2. The second-order valence-electron chi connectivity index (χ2n) is 7.60. The molecule has 3 aromatic heterocycles. The van der Waals surface area contributed by atoms with Crippen molar-refractivity contribution < 1.29 is 9.50 Å². The molecule has 0 spiro atoms. The quantitative estimate of drug-likeness (QED) is 0.712. The lowest BCUT2D eigenvalue weighted by Crippen LogP contribution is -2.52. The molecule has 2 bridgehead atoms. The highest BCUT2D eigenvalue weighted by Crippen LogP contribution is 2.33. The molecule has 0 aliphatic carbocycles. The summed E-state index contributed by atoms with van der Waals surface area (Å²) in [6.07, 6.45) is 11.1. The number of nitrogens with zero attached hydrogens (tertiary/aromatic N) is 5. The second kappa shape index (κ2) is 7.36. The summed E-state index contributed by atoms with van der Waals surface area (Å²) in [6.45, 7) is 0. The lowest BCUT2D eigenvalue weighted by Gasteiger charge is -2.39. The Morgan fingerprint density at radius 2 is 2.17 bits per heavy atom. The monoisotopic (exact) mass is 392 g/mol. The average Bonchev–Trinajstić information content (AvgIpc) is 3.28. The standard InChI is InChI=1S/C21H21FN6O/c22-21-13(8-14-2-1-3-18(21)25-14)9-15-4-5-17(27-26-15)16-11-24-20(10-19(16)29)28-7-6-23-12-28/h4-7,9-12,14,18,21,25H,1-3,8H2,(H,24,29)/b13-9+/t14-,18+,21+/m1/s1. The fourth-order valence-corrected chi connectivity index (χ4v) is 4.16. The maximum absolute atomic E-state index is 14.7. The number of pyridine rings is 1. The van der Waals surface area contributed by atoms with Crippen LogP contribution in [0.4, 0.5) is 4.39 Å². The third-order valence-corrected chi connectivity index (χ3v) is 5.64. The normalized spacial score (nSPS) is 25.3. The molecular weight excluding hydrogens is 371 g/mol. The Labute approximate surface area is 167 Å². The van der Waals surface area contributed by atoms with Gasteiger partial charge in [-0.3, -0.25) is 4.57 Å². The van der Waals surface area contributed by atoms with Gasteiger partial charge in [-0.15, -0.1) is 5.10 Å². The smallest absolute Gasteiger partial charge is 0.141 e. The fraction of sp³-hybridized carbons (Fsp3) is 0.333. The van der Waals surface area contributed by atoms with Crippen LogP contribution in [0.3, 0.4) is 0 Å². The minimum absolute atomic E-state index is 0.0547. The fourth-order valence-electron chi connectivity index (χ4n) is 4.16. The number of nitrogens with one attached hydrogen (secondary N) is 1. The van der Waals surface area contributed by atoms with E-state index in [9.17, 15) is 9.50 Å². The zero-order valence-electron chi connectivity index (χ0n) is 15.7. The van der Waals surface area contributed by atoms with Crippen LogP contribution >= 0.6 is 0 Å². The number of imidazole rings is 1. The minimum atomic E-state index is -0.975. The van der Waals surface area contributed by atoms with Gasteiger partial charge in [0.2, 0.25) is 0 Å². The molecule has 8 heteroatoms. The molecule has 0 saturated carbocycles. The summed E-state index contributed by atoms with van der Waals surface area (Å²) in [4.78, 5) is 8.32. The molecule has 0 radical (unpaired) electrons. The minimum Gasteiger partial charge on any atom is -0.507 e. The average molecular weight is 392 g/mol. The maximum Gasteiger partial charge on any atom is 0.141 e. The van der Waals surface area contributed by atoms with Crippen LogP contribution in [0.5, 0.6) is 5.75 Å². The Kier molecular flexibility index (Phi) is 4.55. The zero-order chi connectivity index (χ0) is 19.8. The predicted molar refractivity (Wildman–Crippen MR) is 106 cm³/mol. The van der Waals surface area contributed by atoms with Gasteiger partial charge >= 0.3 is 0 Å². The first-order valence-corrected chi connectivity index (χ1v) is 9.79. The van der Waals surface area contributed by atoms with Crippen molar-refractivity contribution in [3.05, 3.63) is 54.4 Å². The van der Waals surface area contributed by atoms with E-state index in [1.165, 1.54) is 0 Å². The van der Waals surface area contributed by atoms with E-state index in [0.717, 1.165) is 24.8 Å². The number of aromatic hydroxyl groups is 1. The molecule has 29 heavy (non-hydrogen) atoms. The van der Waals surface area contributed by atoms with Crippen LogP contribution < -0.4 is 5.32 Å². The molecule has 2 aliphatic rings. The molecule has 3 atom stereocenters. The largest absolute Gasteiger partial charge is 0.507 e. The Bertz CT molecular complexity index is 1030. The van der Waals surface area contributed by atoms with Gasteiger partial charge in [0.05, 0.1) is 17.0 Å². The lowest BCUT2D eigenvalue weighted by molar-refractivity contribution is 0.179. The highest BCUT2D eigenvalue weighted by molar-refractivity contribution is 5.67. The SMILES string of the molecule is Oc1cc(-n2ccnc2)ncc1-c1ccc(/C=C2\C[C@H]3CCC[C@H](N3)[C@H]2F)nn1. The third kappa shape index (κ3) is 3.51. The molecule has 7 nitrogen and oxygen atoms in total. The van der Waals surface area contributed by atoms with Crippen molar-refractivity contribution in [2.24, 2.45) is 0 Å². The van der Waals surface area contributed by atoms with Gasteiger partial charge in [0.25, 0.3) is 0 Å². The molecule has 0 amide bonds. The number of aromatic nitrogens is 5. The van der Waals surface area contributed by atoms with Crippen LogP contribution in [0.2, 0.25) is 0 Å². The molecule has 5 heterocycles. The molecule has 0 unspecified atom stereocenters. The van der Waals surface area contributed by atoms with Crippen molar-refractivity contribution in [1.82, 2.24) is 30.0 Å². The van der Waals surface area contributed by atoms with Gasteiger partial charge in [-0.2, -0.15) is 5.10 Å². The highest BCUT2D eigenvalue weighted by atomic mass is 19.1.